The van der Waals surface area contributed by atoms with Crippen molar-refractivity contribution in [1.82, 2.24) is 19.8 Å². The van der Waals surface area contributed by atoms with E-state index in [1.807, 2.05) is 11.9 Å². The predicted molar refractivity (Wildman–Crippen MR) is 70.4 cm³/mol. The average molecular weight is 250 g/mol. The lowest BCUT2D eigenvalue weighted by atomic mass is 10.0. The monoisotopic (exact) mass is 250 g/mol. The fourth-order valence-corrected chi connectivity index (χ4v) is 2.36. The van der Waals surface area contributed by atoms with Gasteiger partial charge in [-0.25, -0.2) is 4.98 Å². The number of aromatic nitrogens is 2. The molecule has 1 aliphatic heterocycles. The Kier molecular flexibility index (Phi) is 4.36. The Hall–Kier alpha value is -1.36. The molecule has 100 valence electrons. The molecule has 0 aromatic carbocycles. The van der Waals surface area contributed by atoms with Gasteiger partial charge in [0.1, 0.15) is 5.69 Å². The Morgan fingerprint density at radius 2 is 2.22 bits per heavy atom. The summed E-state index contributed by atoms with van der Waals surface area (Å²) in [5.74, 6) is 0.101. The van der Waals surface area contributed by atoms with E-state index in [0.29, 0.717) is 11.7 Å². The van der Waals surface area contributed by atoms with Gasteiger partial charge in [-0.2, -0.15) is 0 Å². The highest BCUT2D eigenvalue weighted by molar-refractivity contribution is 5.92. The fraction of sp³-hybridized carbons (Fsp3) is 0.692. The highest BCUT2D eigenvalue weighted by atomic mass is 16.2. The van der Waals surface area contributed by atoms with E-state index in [0.717, 1.165) is 38.9 Å². The topological polar surface area (TPSA) is 50.2 Å². The zero-order valence-corrected chi connectivity index (χ0v) is 11.2. The molecule has 0 unspecified atom stereocenters. The van der Waals surface area contributed by atoms with E-state index in [4.69, 9.17) is 0 Å². The summed E-state index contributed by atoms with van der Waals surface area (Å²) in [6.07, 6.45) is 6.56. The number of piperidine rings is 1. The first kappa shape index (κ1) is 13.1. The molecular formula is C13H22N4O. The van der Waals surface area contributed by atoms with Gasteiger partial charge >= 0.3 is 0 Å². The van der Waals surface area contributed by atoms with Crippen LogP contribution in [-0.4, -0.2) is 46.0 Å². The first-order valence-electron chi connectivity index (χ1n) is 6.71. The van der Waals surface area contributed by atoms with Crippen LogP contribution in [0.25, 0.3) is 0 Å². The number of aryl methyl sites for hydroxylation is 1. The van der Waals surface area contributed by atoms with E-state index in [1.165, 1.54) is 0 Å². The van der Waals surface area contributed by atoms with Crippen LogP contribution in [0, 0.1) is 0 Å². The minimum absolute atomic E-state index is 0.101. The van der Waals surface area contributed by atoms with Gasteiger partial charge in [0, 0.05) is 26.2 Å². The zero-order chi connectivity index (χ0) is 13.0. The molecule has 18 heavy (non-hydrogen) atoms. The van der Waals surface area contributed by atoms with E-state index >= 15 is 0 Å². The minimum Gasteiger partial charge on any atom is -0.337 e. The number of nitrogens with one attached hydrogen (secondary N) is 1. The summed E-state index contributed by atoms with van der Waals surface area (Å²) in [5, 5.41) is 3.52. The first-order valence-corrected chi connectivity index (χ1v) is 6.71. The second-order valence-electron chi connectivity index (χ2n) is 4.91. The molecular weight excluding hydrogens is 228 g/mol. The molecule has 1 aromatic rings. The molecule has 1 aromatic heterocycles. The third kappa shape index (κ3) is 2.90. The number of carbonyl (C=O) groups is 1. The number of carbonyl (C=O) groups excluding carboxylic acids is 1. The highest BCUT2D eigenvalue weighted by Gasteiger charge is 2.24. The van der Waals surface area contributed by atoms with Gasteiger partial charge in [0.25, 0.3) is 5.91 Å². The Balaban J connectivity index is 1.86. The van der Waals surface area contributed by atoms with E-state index < -0.39 is 0 Å². The molecule has 0 bridgehead atoms. The largest absolute Gasteiger partial charge is 0.337 e. The van der Waals surface area contributed by atoms with E-state index in [2.05, 4.69) is 17.2 Å². The van der Waals surface area contributed by atoms with Crippen LogP contribution in [0.4, 0.5) is 0 Å². The first-order chi connectivity index (χ1) is 8.72. The van der Waals surface area contributed by atoms with Gasteiger partial charge in [0.2, 0.25) is 0 Å². The van der Waals surface area contributed by atoms with Crippen LogP contribution in [0.3, 0.4) is 0 Å². The van der Waals surface area contributed by atoms with Crippen LogP contribution >= 0.6 is 0 Å². The van der Waals surface area contributed by atoms with Crippen LogP contribution in [0.5, 0.6) is 0 Å². The number of likely N-dealkylation sites (tertiary alicyclic amines) is 1. The summed E-state index contributed by atoms with van der Waals surface area (Å²) < 4.78 is 1.78. The van der Waals surface area contributed by atoms with Crippen molar-refractivity contribution in [1.29, 1.82) is 0 Å². The number of amides is 1. The lowest BCUT2D eigenvalue weighted by molar-refractivity contribution is 0.0695. The molecule has 0 spiro atoms. The summed E-state index contributed by atoms with van der Waals surface area (Å²) in [4.78, 5) is 18.2. The van der Waals surface area contributed by atoms with Crippen molar-refractivity contribution in [2.75, 3.05) is 19.6 Å². The number of nitrogens with zero attached hydrogens (tertiary/aromatic N) is 3. The number of hydrogen-bond acceptors (Lipinski definition) is 3. The Labute approximate surface area is 108 Å². The molecule has 0 aliphatic carbocycles. The van der Waals surface area contributed by atoms with Gasteiger partial charge in [0.15, 0.2) is 0 Å². The van der Waals surface area contributed by atoms with E-state index in [-0.39, 0.29) is 5.91 Å². The van der Waals surface area contributed by atoms with Gasteiger partial charge in [-0.15, -0.1) is 0 Å². The molecule has 1 amide bonds. The third-order valence-electron chi connectivity index (χ3n) is 3.50. The quantitative estimate of drug-likeness (QED) is 0.868. The molecule has 2 rings (SSSR count). The number of rotatable bonds is 4. The third-order valence-corrected chi connectivity index (χ3v) is 3.50. The smallest absolute Gasteiger partial charge is 0.272 e. The standard InChI is InChI=1S/C13H22N4O/c1-3-6-15-11-4-7-17(8-5-11)13(18)12-9-14-10-16(12)2/h9-11,15H,3-8H2,1-2H3. The summed E-state index contributed by atoms with van der Waals surface area (Å²) >= 11 is 0. The molecule has 5 nitrogen and oxygen atoms in total. The van der Waals surface area contributed by atoms with Crippen molar-refractivity contribution in [3.63, 3.8) is 0 Å². The molecule has 0 radical (unpaired) electrons. The maximum absolute atomic E-state index is 12.2. The number of imidazole rings is 1. The zero-order valence-electron chi connectivity index (χ0n) is 11.2. The molecule has 1 N–H and O–H groups in total. The normalized spacial score (nSPS) is 17.1. The van der Waals surface area contributed by atoms with Gasteiger partial charge in [-0.3, -0.25) is 4.79 Å². The molecule has 1 fully saturated rings. The Morgan fingerprint density at radius 3 is 2.78 bits per heavy atom. The lowest BCUT2D eigenvalue weighted by Crippen LogP contribution is -2.45. The summed E-state index contributed by atoms with van der Waals surface area (Å²) in [6.45, 7) is 4.92. The van der Waals surface area contributed by atoms with Gasteiger partial charge in [-0.05, 0) is 25.8 Å². The van der Waals surface area contributed by atoms with Crippen molar-refractivity contribution in [2.24, 2.45) is 7.05 Å². The van der Waals surface area contributed by atoms with E-state index in [1.54, 1.807) is 17.1 Å². The van der Waals surface area contributed by atoms with Crippen LogP contribution in [-0.2, 0) is 7.05 Å². The highest BCUT2D eigenvalue weighted by Crippen LogP contribution is 2.13. The van der Waals surface area contributed by atoms with Gasteiger partial charge < -0.3 is 14.8 Å². The minimum atomic E-state index is 0.101. The molecule has 1 saturated heterocycles. The lowest BCUT2D eigenvalue weighted by Gasteiger charge is -2.32. The molecule has 0 atom stereocenters. The van der Waals surface area contributed by atoms with Crippen LogP contribution in [0.1, 0.15) is 36.7 Å². The average Bonchev–Trinajstić information content (AvgIpc) is 2.82. The predicted octanol–water partition coefficient (Wildman–Crippen LogP) is 1.02. The van der Waals surface area contributed by atoms with Crippen LogP contribution in [0.15, 0.2) is 12.5 Å². The fourth-order valence-electron chi connectivity index (χ4n) is 2.36. The Bertz CT molecular complexity index is 393. The van der Waals surface area contributed by atoms with Crippen molar-refractivity contribution >= 4 is 5.91 Å². The maximum atomic E-state index is 12.2. The molecule has 2 heterocycles. The molecule has 5 heteroatoms. The second-order valence-corrected chi connectivity index (χ2v) is 4.91. The summed E-state index contributed by atoms with van der Waals surface area (Å²) in [7, 11) is 1.86. The SMILES string of the molecule is CCCNC1CCN(C(=O)c2cncn2C)CC1. The van der Waals surface area contributed by atoms with Crippen molar-refractivity contribution in [3.05, 3.63) is 18.2 Å². The van der Waals surface area contributed by atoms with Crippen molar-refractivity contribution in [3.8, 4) is 0 Å². The van der Waals surface area contributed by atoms with Crippen molar-refractivity contribution < 1.29 is 4.79 Å². The van der Waals surface area contributed by atoms with Crippen molar-refractivity contribution in [2.45, 2.75) is 32.2 Å². The number of hydrogen-bond donors (Lipinski definition) is 1. The summed E-state index contributed by atoms with van der Waals surface area (Å²) in [6, 6.07) is 0.570. The second kappa shape index (κ2) is 6.00. The van der Waals surface area contributed by atoms with Gasteiger partial charge in [0.05, 0.1) is 12.5 Å². The summed E-state index contributed by atoms with van der Waals surface area (Å²) in [5.41, 5.74) is 0.676. The van der Waals surface area contributed by atoms with E-state index in [9.17, 15) is 4.79 Å². The van der Waals surface area contributed by atoms with Crippen LogP contribution < -0.4 is 5.32 Å². The maximum Gasteiger partial charge on any atom is 0.272 e. The Morgan fingerprint density at radius 1 is 1.50 bits per heavy atom. The van der Waals surface area contributed by atoms with Gasteiger partial charge in [-0.1, -0.05) is 6.92 Å². The van der Waals surface area contributed by atoms with Crippen LogP contribution in [0.2, 0.25) is 0 Å². The molecule has 1 aliphatic rings. The molecule has 0 saturated carbocycles.